The van der Waals surface area contributed by atoms with Crippen molar-refractivity contribution in [2.24, 2.45) is 0 Å². The number of rotatable bonds is 14. The summed E-state index contributed by atoms with van der Waals surface area (Å²) >= 11 is 0. The Morgan fingerprint density at radius 2 is 0.750 bits per heavy atom. The maximum Gasteiger partial charge on any atom is 0.265 e. The largest absolute Gasteiger partial charge is 0.871 e. The summed E-state index contributed by atoms with van der Waals surface area (Å²) in [6.45, 7) is 5.43. The lowest BCUT2D eigenvalue weighted by Crippen LogP contribution is -2.48. The van der Waals surface area contributed by atoms with Crippen molar-refractivity contribution in [3.05, 3.63) is 266 Å². The van der Waals surface area contributed by atoms with E-state index >= 15 is 0 Å². The minimum atomic E-state index is -2.23. The van der Waals surface area contributed by atoms with Gasteiger partial charge in [0.25, 0.3) is 11.4 Å². The van der Waals surface area contributed by atoms with E-state index in [-0.39, 0.29) is 12.0 Å². The van der Waals surface area contributed by atoms with E-state index in [1.54, 1.807) is 0 Å². The van der Waals surface area contributed by atoms with Gasteiger partial charge in [-0.3, -0.25) is 9.68 Å². The first-order chi connectivity index (χ1) is 35.5. The maximum absolute atomic E-state index is 10.7. The maximum atomic E-state index is 10.7. The second-order valence-corrected chi connectivity index (χ2v) is 17.3. The van der Waals surface area contributed by atoms with Crippen LogP contribution in [0, 0.1) is 0 Å². The van der Waals surface area contributed by atoms with Gasteiger partial charge in [-0.25, -0.2) is 0 Å². The minimum Gasteiger partial charge on any atom is -0.871 e. The van der Waals surface area contributed by atoms with Gasteiger partial charge in [0.15, 0.2) is 13.2 Å². The summed E-state index contributed by atoms with van der Waals surface area (Å²) in [5, 5.41) is 31.4. The van der Waals surface area contributed by atoms with Crippen LogP contribution in [0.1, 0.15) is 43.4 Å². The van der Waals surface area contributed by atoms with Crippen LogP contribution < -0.4 is 29.2 Å². The van der Waals surface area contributed by atoms with Gasteiger partial charge in [0, 0.05) is 45.7 Å². The molecule has 11 aromatic rings. The van der Waals surface area contributed by atoms with E-state index in [4.69, 9.17) is 14.3 Å². The fraction of sp³-hybridized carbons (Fsp3) is 0.125. The minimum absolute atomic E-state index is 0.159. The molecule has 9 aromatic carbocycles. The molecule has 0 radical (unpaired) electrons. The van der Waals surface area contributed by atoms with E-state index in [0.29, 0.717) is 19.6 Å². The van der Waals surface area contributed by atoms with Crippen LogP contribution in [0.4, 0.5) is 0 Å². The van der Waals surface area contributed by atoms with Crippen LogP contribution in [0.3, 0.4) is 0 Å². The molecule has 2 aromatic heterocycles. The van der Waals surface area contributed by atoms with Crippen LogP contribution in [0.5, 0.6) is 0 Å². The standard InChI is InChI=1S/C22H21BO3.2C21H18NO/c24-23(25)26-18-10-17-22(19-11-4-1-5-12-19,20-13-6-2-7-14-20)21-15-8-3-9-16-21;2*1-2-23-22-14-8-7-13-21(22)20-15-16-9-3-4-10-17(16)18-11-5-6-12-19(18)20/h1-9,11-16H,10,17-18H2;2*3-15H,2H2,1H3/q-2;2*+1. The molecule has 0 bridgehead atoms. The van der Waals surface area contributed by atoms with Crippen LogP contribution >= 0.6 is 0 Å². The second-order valence-electron chi connectivity index (χ2n) is 17.3. The number of nitrogens with zero attached hydrogens (tertiary/aromatic N) is 2. The fourth-order valence-electron chi connectivity index (χ4n) is 9.93. The summed E-state index contributed by atoms with van der Waals surface area (Å²) in [4.78, 5) is 11.5. The Morgan fingerprint density at radius 1 is 0.403 bits per heavy atom. The van der Waals surface area contributed by atoms with E-state index in [0.717, 1.165) is 17.8 Å². The summed E-state index contributed by atoms with van der Waals surface area (Å²) in [6.07, 6.45) is 5.27. The molecule has 0 saturated heterocycles. The molecule has 0 amide bonds. The predicted molar refractivity (Wildman–Crippen MR) is 289 cm³/mol. The molecular formula is C64H57BN2O5. The Kier molecular flexibility index (Phi) is 16.1. The molecule has 0 unspecified atom stereocenters. The van der Waals surface area contributed by atoms with Crippen LogP contribution in [-0.4, -0.2) is 27.1 Å². The van der Waals surface area contributed by atoms with Gasteiger partial charge in [-0.1, -0.05) is 188 Å². The molecule has 11 rings (SSSR count). The van der Waals surface area contributed by atoms with Crippen LogP contribution in [0.15, 0.2) is 249 Å². The summed E-state index contributed by atoms with van der Waals surface area (Å²) in [6, 6.07) is 82.0. The molecule has 0 fully saturated rings. The van der Waals surface area contributed by atoms with Gasteiger partial charge in [-0.05, 0) is 111 Å². The molecular weight excluding hydrogens is 888 g/mol. The van der Waals surface area contributed by atoms with Crippen molar-refractivity contribution in [1.82, 2.24) is 0 Å². The Labute approximate surface area is 422 Å². The average molecular weight is 945 g/mol. The molecule has 0 aliphatic rings. The Morgan fingerprint density at radius 3 is 1.14 bits per heavy atom. The third-order valence-electron chi connectivity index (χ3n) is 13.0. The number of pyridine rings is 2. The van der Waals surface area contributed by atoms with E-state index in [1.165, 1.54) is 70.9 Å². The number of hydrogen-bond acceptors (Lipinski definition) is 5. The zero-order valence-corrected chi connectivity index (χ0v) is 40.7. The van der Waals surface area contributed by atoms with Crippen molar-refractivity contribution >= 4 is 50.4 Å². The summed E-state index contributed by atoms with van der Waals surface area (Å²) in [5.41, 5.74) is 7.68. The van der Waals surface area contributed by atoms with Gasteiger partial charge >= 0.3 is 0 Å². The first-order valence-electron chi connectivity index (χ1n) is 24.7. The van der Waals surface area contributed by atoms with Crippen molar-refractivity contribution in [3.8, 4) is 22.5 Å². The molecule has 0 atom stereocenters. The van der Waals surface area contributed by atoms with Gasteiger partial charge in [-0.2, -0.15) is 0 Å². The zero-order chi connectivity index (χ0) is 49.5. The van der Waals surface area contributed by atoms with Gasteiger partial charge in [0.05, 0.1) is 18.4 Å². The molecule has 0 aliphatic carbocycles. The normalized spacial score (nSPS) is 11.1. The first kappa shape index (κ1) is 48.9. The number of fused-ring (bicyclic) bond motifs is 6. The summed E-state index contributed by atoms with van der Waals surface area (Å²) in [7, 11) is -2.23. The zero-order valence-electron chi connectivity index (χ0n) is 40.7. The third-order valence-corrected chi connectivity index (χ3v) is 13.0. The average Bonchev–Trinajstić information content (AvgIpc) is 3.44. The molecule has 0 N–H and O–H groups in total. The Balaban J connectivity index is 0.000000134. The number of hydrogen-bond donors (Lipinski definition) is 0. The molecule has 356 valence electrons. The van der Waals surface area contributed by atoms with E-state index in [9.17, 15) is 10.0 Å². The lowest BCUT2D eigenvalue weighted by Gasteiger charge is -2.37. The first-order valence-corrected chi connectivity index (χ1v) is 24.7. The third kappa shape index (κ3) is 10.8. The van der Waals surface area contributed by atoms with Crippen molar-refractivity contribution in [2.75, 3.05) is 19.8 Å². The Hall–Kier alpha value is -8.14. The summed E-state index contributed by atoms with van der Waals surface area (Å²) < 4.78 is 8.45. The van der Waals surface area contributed by atoms with Gasteiger partial charge in [-0.15, -0.1) is 0 Å². The highest BCUT2D eigenvalue weighted by Crippen LogP contribution is 2.43. The molecule has 0 spiro atoms. The monoisotopic (exact) mass is 944 g/mol. The van der Waals surface area contributed by atoms with Crippen molar-refractivity contribution in [3.63, 3.8) is 0 Å². The predicted octanol–water partition coefficient (Wildman–Crippen LogP) is 11.3. The second kappa shape index (κ2) is 23.6. The number of aromatic nitrogens is 2. The molecule has 0 saturated carbocycles. The van der Waals surface area contributed by atoms with E-state index in [1.807, 2.05) is 102 Å². The van der Waals surface area contributed by atoms with Crippen LogP contribution in [-0.2, 0) is 10.1 Å². The quantitative estimate of drug-likeness (QED) is 0.0357. The lowest BCUT2D eigenvalue weighted by molar-refractivity contribution is -0.882. The van der Waals surface area contributed by atoms with Crippen LogP contribution in [0.25, 0.3) is 65.6 Å². The highest BCUT2D eigenvalue weighted by Gasteiger charge is 2.35. The van der Waals surface area contributed by atoms with Crippen molar-refractivity contribution in [1.29, 1.82) is 0 Å². The van der Waals surface area contributed by atoms with E-state index < -0.39 is 7.32 Å². The number of benzene rings is 9. The topological polar surface area (TPSA) is 81.6 Å². The van der Waals surface area contributed by atoms with Gasteiger partial charge in [0.1, 0.15) is 0 Å². The van der Waals surface area contributed by atoms with Crippen molar-refractivity contribution in [2.45, 2.75) is 32.1 Å². The highest BCUT2D eigenvalue weighted by molar-refractivity contribution is 6.28. The molecule has 0 aliphatic heterocycles. The lowest BCUT2D eigenvalue weighted by atomic mass is 9.67. The van der Waals surface area contributed by atoms with Crippen LogP contribution in [0.2, 0.25) is 0 Å². The Bertz CT molecular complexity index is 3240. The summed E-state index contributed by atoms with van der Waals surface area (Å²) in [5.74, 6) is 0. The SMILES string of the molecule is CCO[n+]1ccccc1-c1cc2ccccc2c2ccccc12.CCO[n+]1ccccc1-c1cc2ccccc2c2ccccc12.[O-]B([O-])OCCCC(c1ccccc1)(c1ccccc1)c1ccccc1. The molecule has 7 nitrogen and oxygen atoms in total. The molecule has 72 heavy (non-hydrogen) atoms. The molecule has 2 heterocycles. The van der Waals surface area contributed by atoms with E-state index in [2.05, 4.69) is 170 Å². The molecule has 8 heteroatoms. The van der Waals surface area contributed by atoms with Gasteiger partial charge in [0.2, 0.25) is 12.4 Å². The van der Waals surface area contributed by atoms with Crippen molar-refractivity contribution < 1.29 is 33.8 Å². The smallest absolute Gasteiger partial charge is 0.265 e. The highest BCUT2D eigenvalue weighted by atomic mass is 16.7. The fourth-order valence-corrected chi connectivity index (χ4v) is 9.93. The van der Waals surface area contributed by atoms with Gasteiger partial charge < -0.3 is 14.7 Å².